The van der Waals surface area contributed by atoms with Crippen molar-refractivity contribution in [3.63, 3.8) is 0 Å². The maximum atomic E-state index is 13.9. The van der Waals surface area contributed by atoms with Crippen LogP contribution >= 0.6 is 11.3 Å². The number of nitrogens with zero attached hydrogens (tertiary/aromatic N) is 6. The molecule has 2 atom stereocenters. The molecule has 0 spiro atoms. The first-order chi connectivity index (χ1) is 18.1. The second-order valence-corrected chi connectivity index (χ2v) is 11.2. The monoisotopic (exact) mass is 515 g/mol. The summed E-state index contributed by atoms with van der Waals surface area (Å²) in [6.45, 7) is 4.06. The van der Waals surface area contributed by atoms with E-state index in [1.807, 2.05) is 40.7 Å². The van der Waals surface area contributed by atoms with Crippen LogP contribution in [-0.2, 0) is 4.74 Å². The lowest BCUT2D eigenvalue weighted by molar-refractivity contribution is 0.0747. The Kier molecular flexibility index (Phi) is 5.67. The molecule has 4 aromatic heterocycles. The van der Waals surface area contributed by atoms with Crippen LogP contribution in [0.3, 0.4) is 0 Å². The Balaban J connectivity index is 1.29. The van der Waals surface area contributed by atoms with E-state index >= 15 is 0 Å². The van der Waals surface area contributed by atoms with E-state index in [-0.39, 0.29) is 12.0 Å². The van der Waals surface area contributed by atoms with Gasteiger partial charge in [-0.15, -0.1) is 11.3 Å². The zero-order valence-corrected chi connectivity index (χ0v) is 21.5. The summed E-state index contributed by atoms with van der Waals surface area (Å²) in [6.07, 6.45) is 6.22. The van der Waals surface area contributed by atoms with Gasteiger partial charge in [-0.3, -0.25) is 4.79 Å². The number of hydrogen-bond acceptors (Lipinski definition) is 8. The summed E-state index contributed by atoms with van der Waals surface area (Å²) >= 11 is 1.66. The first-order valence-electron chi connectivity index (χ1n) is 12.9. The highest BCUT2D eigenvalue weighted by Gasteiger charge is 2.33. The van der Waals surface area contributed by atoms with E-state index in [0.29, 0.717) is 23.2 Å². The number of piperidine rings is 1. The van der Waals surface area contributed by atoms with Gasteiger partial charge in [-0.25, -0.2) is 14.5 Å². The maximum Gasteiger partial charge on any atom is 0.254 e. The molecule has 0 unspecified atom stereocenters. The lowest BCUT2D eigenvalue weighted by atomic mass is 9.97. The van der Waals surface area contributed by atoms with Crippen molar-refractivity contribution in [1.82, 2.24) is 29.8 Å². The molecule has 4 aromatic rings. The van der Waals surface area contributed by atoms with E-state index in [2.05, 4.69) is 21.4 Å². The Hall–Kier alpha value is -3.34. The van der Waals surface area contributed by atoms with Gasteiger partial charge in [0.2, 0.25) is 0 Å². The summed E-state index contributed by atoms with van der Waals surface area (Å²) in [6, 6.07) is 10.3. The Morgan fingerprint density at radius 2 is 2.03 bits per heavy atom. The van der Waals surface area contributed by atoms with Crippen LogP contribution in [0.2, 0.25) is 0 Å². The third kappa shape index (κ3) is 4.18. The van der Waals surface area contributed by atoms with Gasteiger partial charge in [0.25, 0.3) is 5.91 Å². The number of aromatic nitrogens is 4. The molecule has 0 saturated carbocycles. The third-order valence-electron chi connectivity index (χ3n) is 7.81. The van der Waals surface area contributed by atoms with Crippen LogP contribution in [0, 0.1) is 5.92 Å². The predicted octanol–water partition coefficient (Wildman–Crippen LogP) is 3.18. The van der Waals surface area contributed by atoms with E-state index in [0.717, 1.165) is 66.7 Å². The molecule has 190 valence electrons. The van der Waals surface area contributed by atoms with Crippen LogP contribution in [-0.4, -0.2) is 82.4 Å². The number of rotatable bonds is 5. The molecule has 8 heterocycles. The van der Waals surface area contributed by atoms with Crippen molar-refractivity contribution in [2.75, 3.05) is 44.7 Å². The van der Waals surface area contributed by atoms with Gasteiger partial charge >= 0.3 is 0 Å². The van der Waals surface area contributed by atoms with Crippen molar-refractivity contribution in [3.8, 4) is 21.8 Å². The molecule has 4 aliphatic heterocycles. The highest BCUT2D eigenvalue weighted by Crippen LogP contribution is 2.31. The molecule has 2 bridgehead atoms. The Morgan fingerprint density at radius 3 is 2.81 bits per heavy atom. The first kappa shape index (κ1) is 22.8. The minimum absolute atomic E-state index is 0.0676. The highest BCUT2D eigenvalue weighted by atomic mass is 32.1. The number of carbonyl (C=O) groups is 1. The molecule has 37 heavy (non-hydrogen) atoms. The largest absolute Gasteiger partial charge is 0.378 e. The number of pyridine rings is 1. The number of anilines is 1. The van der Waals surface area contributed by atoms with Crippen LogP contribution < -0.4 is 10.2 Å². The predicted molar refractivity (Wildman–Crippen MR) is 143 cm³/mol. The fraction of sp³-hybridized carbons (Fsp3) is 0.407. The zero-order valence-electron chi connectivity index (χ0n) is 20.7. The molecule has 4 aliphatic rings. The van der Waals surface area contributed by atoms with Crippen LogP contribution in [0.15, 0.2) is 48.1 Å². The topological polar surface area (TPSA) is 87.9 Å². The number of carbonyl (C=O) groups excluding carboxylic acids is 1. The molecule has 10 heteroatoms. The van der Waals surface area contributed by atoms with Crippen LogP contribution in [0.4, 0.5) is 5.82 Å². The molecule has 0 aliphatic carbocycles. The average Bonchev–Trinajstić information content (AvgIpc) is 3.49. The van der Waals surface area contributed by atoms with E-state index in [9.17, 15) is 4.79 Å². The number of hydrogen-bond donors (Lipinski definition) is 1. The molecule has 9 nitrogen and oxygen atoms in total. The number of nitrogens with one attached hydrogen (secondary N) is 1. The Bertz CT molecular complexity index is 1420. The van der Waals surface area contributed by atoms with E-state index in [4.69, 9.17) is 14.7 Å². The molecule has 8 rings (SSSR count). The second-order valence-electron chi connectivity index (χ2n) is 10.2. The average molecular weight is 516 g/mol. The lowest BCUT2D eigenvalue weighted by Gasteiger charge is -2.39. The van der Waals surface area contributed by atoms with Crippen LogP contribution in [0.25, 0.3) is 27.5 Å². The molecule has 1 amide bonds. The summed E-state index contributed by atoms with van der Waals surface area (Å²) in [5.41, 5.74) is 3.81. The molecule has 0 aromatic carbocycles. The van der Waals surface area contributed by atoms with Crippen molar-refractivity contribution in [1.29, 1.82) is 0 Å². The standard InChI is InChI=1S/C27H29N7O2S/c1-36-20-15-32(16-20)25-10-18(27(35)33-13-17-4-5-19(14-33)28-11-17)9-23(30-25)21-12-29-34-7-6-22(31-26(21)34)24-3-2-8-37-24/h2-3,6-10,12,17,19-20,28H,4-5,11,13-16H2,1H3/t17-,19-/m0/s1. The number of amides is 1. The summed E-state index contributed by atoms with van der Waals surface area (Å²) in [5, 5.41) is 10.2. The van der Waals surface area contributed by atoms with Crippen LogP contribution in [0.5, 0.6) is 0 Å². The van der Waals surface area contributed by atoms with Gasteiger partial charge in [0, 0.05) is 51.1 Å². The Labute approximate surface area is 219 Å². The molecule has 1 N–H and O–H groups in total. The van der Waals surface area contributed by atoms with Gasteiger partial charge in [0.15, 0.2) is 5.65 Å². The number of thiophene rings is 1. The Morgan fingerprint density at radius 1 is 1.11 bits per heavy atom. The molecular weight excluding hydrogens is 486 g/mol. The minimum atomic E-state index is 0.0676. The highest BCUT2D eigenvalue weighted by molar-refractivity contribution is 7.13. The molecule has 0 radical (unpaired) electrons. The van der Waals surface area contributed by atoms with Crippen molar-refractivity contribution in [2.45, 2.75) is 25.0 Å². The fourth-order valence-corrected chi connectivity index (χ4v) is 6.31. The van der Waals surface area contributed by atoms with Gasteiger partial charge in [-0.05, 0) is 54.9 Å². The van der Waals surface area contributed by atoms with Crippen molar-refractivity contribution in [2.24, 2.45) is 5.92 Å². The molecule has 4 fully saturated rings. The van der Waals surface area contributed by atoms with Gasteiger partial charge in [-0.2, -0.15) is 5.10 Å². The second kappa shape index (κ2) is 9.20. The normalized spacial score (nSPS) is 21.9. The zero-order chi connectivity index (χ0) is 24.9. The summed E-state index contributed by atoms with van der Waals surface area (Å²) in [5.74, 6) is 1.37. The molecular formula is C27H29N7O2S. The molecule has 4 saturated heterocycles. The van der Waals surface area contributed by atoms with E-state index in [1.54, 1.807) is 29.2 Å². The quantitative estimate of drug-likeness (QED) is 0.437. The summed E-state index contributed by atoms with van der Waals surface area (Å²) < 4.78 is 7.26. The lowest BCUT2D eigenvalue weighted by Crippen LogP contribution is -2.52. The SMILES string of the molecule is COC1CN(c2cc(C(=O)N3C[C@H]4CC[C@@H](C3)NC4)cc(-c3cnn4ccc(-c5cccs5)nc34)n2)C1. The van der Waals surface area contributed by atoms with E-state index < -0.39 is 0 Å². The van der Waals surface area contributed by atoms with Crippen molar-refractivity contribution in [3.05, 3.63) is 53.7 Å². The van der Waals surface area contributed by atoms with Crippen molar-refractivity contribution < 1.29 is 9.53 Å². The van der Waals surface area contributed by atoms with Gasteiger partial charge < -0.3 is 19.9 Å². The van der Waals surface area contributed by atoms with Crippen LogP contribution in [0.1, 0.15) is 23.2 Å². The van der Waals surface area contributed by atoms with Gasteiger partial charge in [0.05, 0.1) is 34.1 Å². The third-order valence-corrected chi connectivity index (χ3v) is 8.70. The van der Waals surface area contributed by atoms with Gasteiger partial charge in [-0.1, -0.05) is 6.07 Å². The minimum Gasteiger partial charge on any atom is -0.378 e. The fourth-order valence-electron chi connectivity index (χ4n) is 5.61. The summed E-state index contributed by atoms with van der Waals surface area (Å²) in [7, 11) is 1.73. The number of methoxy groups -OCH3 is 1. The van der Waals surface area contributed by atoms with Gasteiger partial charge in [0.1, 0.15) is 5.82 Å². The van der Waals surface area contributed by atoms with Crippen molar-refractivity contribution >= 4 is 28.7 Å². The summed E-state index contributed by atoms with van der Waals surface area (Å²) in [4.78, 5) is 29.1. The smallest absolute Gasteiger partial charge is 0.254 e. The van der Waals surface area contributed by atoms with E-state index in [1.165, 1.54) is 6.42 Å². The maximum absolute atomic E-state index is 13.9. The number of ether oxygens (including phenoxy) is 1. The number of fused-ring (bicyclic) bond motifs is 5. The first-order valence-corrected chi connectivity index (χ1v) is 13.7.